The third-order valence-electron chi connectivity index (χ3n) is 3.01. The molecule has 1 saturated heterocycles. The summed E-state index contributed by atoms with van der Waals surface area (Å²) < 4.78 is 6.68. The van der Waals surface area contributed by atoms with E-state index in [-0.39, 0.29) is 6.04 Å². The van der Waals surface area contributed by atoms with Crippen LogP contribution in [0.3, 0.4) is 0 Å². The number of fused-ring (bicyclic) bond motifs is 1. The molecule has 2 N–H and O–H groups in total. The first-order valence-corrected chi connectivity index (χ1v) is 6.38. The molecule has 2 aromatic heterocycles. The molecular weight excluding hydrogens is 236 g/mol. The highest BCUT2D eigenvalue weighted by molar-refractivity contribution is 7.19. The minimum absolute atomic E-state index is 0.153. The Hall–Kier alpha value is -1.08. The van der Waals surface area contributed by atoms with Gasteiger partial charge in [-0.05, 0) is 13.0 Å². The Morgan fingerprint density at radius 3 is 3.24 bits per heavy atom. The van der Waals surface area contributed by atoms with E-state index in [0.29, 0.717) is 13.2 Å². The normalized spacial score (nSPS) is 22.1. The number of nitrogens with zero attached hydrogens (tertiary/aromatic N) is 3. The molecule has 90 valence electrons. The molecule has 17 heavy (non-hydrogen) atoms. The van der Waals surface area contributed by atoms with Gasteiger partial charge in [0, 0.05) is 16.8 Å². The van der Waals surface area contributed by atoms with Gasteiger partial charge in [-0.3, -0.25) is 5.84 Å². The van der Waals surface area contributed by atoms with Gasteiger partial charge in [-0.15, -0.1) is 11.3 Å². The number of aryl methyl sites for hydroxylation is 1. The van der Waals surface area contributed by atoms with Crippen molar-refractivity contribution in [2.45, 2.75) is 13.0 Å². The fourth-order valence-corrected chi connectivity index (χ4v) is 3.23. The summed E-state index contributed by atoms with van der Waals surface area (Å²) in [6.07, 6.45) is 1.80. The summed E-state index contributed by atoms with van der Waals surface area (Å²) in [5, 5.41) is 11.0. The van der Waals surface area contributed by atoms with Crippen molar-refractivity contribution in [3.8, 4) is 0 Å². The van der Waals surface area contributed by atoms with Crippen molar-refractivity contribution in [2.24, 2.45) is 5.84 Å². The summed E-state index contributed by atoms with van der Waals surface area (Å²) in [4.78, 5) is 1.22. The van der Waals surface area contributed by atoms with Crippen LogP contribution in [0.1, 0.15) is 16.6 Å². The molecule has 0 bridgehead atoms. The first-order valence-electron chi connectivity index (χ1n) is 5.56. The van der Waals surface area contributed by atoms with Crippen molar-refractivity contribution in [2.75, 3.05) is 19.8 Å². The molecule has 0 spiro atoms. The lowest BCUT2D eigenvalue weighted by molar-refractivity contribution is -0.00759. The van der Waals surface area contributed by atoms with Gasteiger partial charge in [-0.25, -0.2) is 5.01 Å². The average molecular weight is 250 g/mol. The molecule has 1 aliphatic heterocycles. The Morgan fingerprint density at radius 1 is 1.59 bits per heavy atom. The second-order valence-corrected chi connectivity index (χ2v) is 5.28. The molecule has 6 heteroatoms. The lowest BCUT2D eigenvalue weighted by atomic mass is 10.2. The molecule has 0 radical (unpaired) electrons. The molecule has 5 nitrogen and oxygen atoms in total. The van der Waals surface area contributed by atoms with Gasteiger partial charge >= 0.3 is 0 Å². The number of hydrogen-bond donors (Lipinski definition) is 1. The smallest absolute Gasteiger partial charge is 0.0818 e. The monoisotopic (exact) mass is 250 g/mol. The molecule has 0 aromatic carbocycles. The Labute approximate surface area is 103 Å². The van der Waals surface area contributed by atoms with E-state index in [2.05, 4.69) is 16.3 Å². The molecule has 0 aliphatic carbocycles. The van der Waals surface area contributed by atoms with Crippen LogP contribution in [0.2, 0.25) is 0 Å². The van der Waals surface area contributed by atoms with Gasteiger partial charge in [0.25, 0.3) is 0 Å². The number of aromatic nitrogens is 2. The number of hydrogen-bond acceptors (Lipinski definition) is 6. The van der Waals surface area contributed by atoms with E-state index in [0.717, 1.165) is 17.6 Å². The van der Waals surface area contributed by atoms with E-state index >= 15 is 0 Å². The minimum Gasteiger partial charge on any atom is -0.378 e. The number of ether oxygens (including phenoxy) is 1. The van der Waals surface area contributed by atoms with Gasteiger partial charge in [0.1, 0.15) is 0 Å². The van der Waals surface area contributed by atoms with Crippen LogP contribution in [0.5, 0.6) is 0 Å². The molecule has 1 fully saturated rings. The first kappa shape index (κ1) is 11.0. The van der Waals surface area contributed by atoms with Gasteiger partial charge in [0.15, 0.2) is 0 Å². The van der Waals surface area contributed by atoms with Crippen LogP contribution in [0.25, 0.3) is 10.1 Å². The third-order valence-corrected chi connectivity index (χ3v) is 4.37. The van der Waals surface area contributed by atoms with Crippen LogP contribution in [-0.4, -0.2) is 35.0 Å². The quantitative estimate of drug-likeness (QED) is 0.772. The minimum atomic E-state index is 0.153. The summed E-state index contributed by atoms with van der Waals surface area (Å²) in [6, 6.07) is 2.29. The van der Waals surface area contributed by atoms with E-state index in [4.69, 9.17) is 10.6 Å². The van der Waals surface area contributed by atoms with E-state index in [9.17, 15) is 0 Å². The molecule has 3 rings (SSSR count). The second-order valence-electron chi connectivity index (χ2n) is 4.19. The van der Waals surface area contributed by atoms with E-state index in [1.165, 1.54) is 9.58 Å². The maximum Gasteiger partial charge on any atom is 0.0818 e. The van der Waals surface area contributed by atoms with Crippen LogP contribution in [-0.2, 0) is 4.74 Å². The number of nitrogens with two attached hydrogens (primary N) is 1. The van der Waals surface area contributed by atoms with Crippen molar-refractivity contribution in [3.05, 3.63) is 22.8 Å². The number of morpholine rings is 1. The fraction of sp³-hybridized carbons (Fsp3) is 0.455. The highest BCUT2D eigenvalue weighted by Crippen LogP contribution is 2.33. The van der Waals surface area contributed by atoms with Crippen LogP contribution < -0.4 is 5.84 Å². The Bertz CT molecular complexity index is 541. The summed E-state index contributed by atoms with van der Waals surface area (Å²) in [7, 11) is 0. The molecule has 0 saturated carbocycles. The zero-order valence-electron chi connectivity index (χ0n) is 9.59. The molecule has 0 amide bonds. The summed E-state index contributed by atoms with van der Waals surface area (Å²) in [5.74, 6) is 6.00. The molecule has 1 aliphatic rings. The van der Waals surface area contributed by atoms with E-state index < -0.39 is 0 Å². The van der Waals surface area contributed by atoms with Crippen molar-refractivity contribution in [3.63, 3.8) is 0 Å². The highest BCUT2D eigenvalue weighted by Gasteiger charge is 2.24. The second kappa shape index (κ2) is 4.30. The van der Waals surface area contributed by atoms with Crippen LogP contribution in [0.15, 0.2) is 12.3 Å². The number of hydrazine groups is 1. The number of thiophene rings is 1. The third kappa shape index (κ3) is 1.93. The van der Waals surface area contributed by atoms with Gasteiger partial charge in [-0.1, -0.05) is 0 Å². The molecule has 1 unspecified atom stereocenters. The van der Waals surface area contributed by atoms with Crippen LogP contribution in [0, 0.1) is 6.92 Å². The number of rotatable bonds is 1. The Balaban J connectivity index is 2.02. The average Bonchev–Trinajstić information content (AvgIpc) is 2.75. The van der Waals surface area contributed by atoms with E-state index in [1.54, 1.807) is 17.5 Å². The highest BCUT2D eigenvalue weighted by atomic mass is 32.1. The van der Waals surface area contributed by atoms with Crippen molar-refractivity contribution in [1.29, 1.82) is 0 Å². The van der Waals surface area contributed by atoms with Gasteiger partial charge in [0.05, 0.1) is 35.8 Å². The largest absolute Gasteiger partial charge is 0.378 e. The molecule has 1 atom stereocenters. The van der Waals surface area contributed by atoms with Crippen LogP contribution in [0.4, 0.5) is 0 Å². The van der Waals surface area contributed by atoms with Gasteiger partial charge in [-0.2, -0.15) is 10.2 Å². The summed E-state index contributed by atoms with van der Waals surface area (Å²) in [5.41, 5.74) is 0.971. The fourth-order valence-electron chi connectivity index (χ4n) is 2.05. The standard InChI is InChI=1S/C11H14N4OS/c1-7-11-8(5-13-14-7)4-10(17-11)9-6-16-3-2-15(9)12/h4-5,9H,2-3,6,12H2,1H3. The van der Waals surface area contributed by atoms with Crippen LogP contribution >= 0.6 is 11.3 Å². The predicted molar refractivity (Wildman–Crippen MR) is 66.6 cm³/mol. The maximum absolute atomic E-state index is 6.00. The SMILES string of the molecule is Cc1nncc2cc(C3COCCN3N)sc12. The zero-order chi connectivity index (χ0) is 11.8. The lowest BCUT2D eigenvalue weighted by Gasteiger charge is -2.30. The Kier molecular flexibility index (Phi) is 2.79. The predicted octanol–water partition coefficient (Wildman–Crippen LogP) is 1.25. The summed E-state index contributed by atoms with van der Waals surface area (Å²) >= 11 is 1.73. The van der Waals surface area contributed by atoms with Crippen molar-refractivity contribution >= 4 is 21.4 Å². The zero-order valence-corrected chi connectivity index (χ0v) is 10.4. The van der Waals surface area contributed by atoms with E-state index in [1.807, 2.05) is 11.9 Å². The first-order chi connectivity index (χ1) is 8.25. The van der Waals surface area contributed by atoms with Gasteiger partial charge in [0.2, 0.25) is 0 Å². The lowest BCUT2D eigenvalue weighted by Crippen LogP contribution is -2.43. The van der Waals surface area contributed by atoms with Crippen molar-refractivity contribution in [1.82, 2.24) is 15.2 Å². The summed E-state index contributed by atoms with van der Waals surface area (Å²) in [6.45, 7) is 4.12. The maximum atomic E-state index is 6.00. The van der Waals surface area contributed by atoms with Crippen molar-refractivity contribution < 1.29 is 4.74 Å². The Morgan fingerprint density at radius 2 is 2.47 bits per heavy atom. The molecule has 3 heterocycles. The van der Waals surface area contributed by atoms with Gasteiger partial charge < -0.3 is 4.74 Å². The molecule has 2 aromatic rings. The molecular formula is C11H14N4OS. The topological polar surface area (TPSA) is 64.3 Å².